The summed E-state index contributed by atoms with van der Waals surface area (Å²) in [5.41, 5.74) is 0.167. The third kappa shape index (κ3) is 9.08. The number of hydrogen-bond donors (Lipinski definition) is 0. The smallest absolute Gasteiger partial charge is 0.343 e. The van der Waals surface area contributed by atoms with Gasteiger partial charge in [-0.15, -0.1) is 0 Å². The maximum Gasteiger partial charge on any atom is 0.343 e. The van der Waals surface area contributed by atoms with Gasteiger partial charge in [0.15, 0.2) is 6.29 Å². The van der Waals surface area contributed by atoms with E-state index in [1.165, 1.54) is 10.8 Å². The first kappa shape index (κ1) is 35.9. The van der Waals surface area contributed by atoms with Crippen LogP contribution in [0, 0.1) is 0 Å². The lowest BCUT2D eigenvalue weighted by Crippen LogP contribution is -2.22. The number of rotatable bonds is 13. The van der Waals surface area contributed by atoms with E-state index in [9.17, 15) is 9.59 Å². The van der Waals surface area contributed by atoms with Crippen LogP contribution in [0.2, 0.25) is 0 Å². The third-order valence-corrected chi connectivity index (χ3v) is 8.76. The summed E-state index contributed by atoms with van der Waals surface area (Å²) in [7, 11) is 4.65. The summed E-state index contributed by atoms with van der Waals surface area (Å²) in [6.07, 6.45) is 5.50. The maximum atomic E-state index is 13.3. The van der Waals surface area contributed by atoms with Gasteiger partial charge in [-0.25, -0.2) is 9.36 Å². The van der Waals surface area contributed by atoms with E-state index in [0.29, 0.717) is 47.1 Å². The van der Waals surface area contributed by atoms with Gasteiger partial charge in [-0.2, -0.15) is 0 Å². The Labute approximate surface area is 295 Å². The van der Waals surface area contributed by atoms with E-state index < -0.39 is 6.29 Å². The van der Waals surface area contributed by atoms with Gasteiger partial charge < -0.3 is 42.3 Å². The van der Waals surface area contributed by atoms with Gasteiger partial charge in [-0.1, -0.05) is 0 Å². The zero-order valence-electron chi connectivity index (χ0n) is 29.0. The standard InChI is InChI=1S/C25H29NO7.C14H14O4/c1-28-23-14-17-13-20(32-15-21-5-4-12-31-21)10-11-22(17)25(27)26(23)18-6-8-19(9-7-18)33-16-24(29-2)30-3;15-14-13-4-3-11(8-10(13)5-7-17-14)18-9-12-2-1-6-16-12/h6-11,13-14,21,24H,4-5,12,15-16H2,1-3H3;3-5,7-8,12H,1-2,6,9H2/t21-;12-/m00/s1. The Morgan fingerprint density at radius 1 is 0.706 bits per heavy atom. The summed E-state index contributed by atoms with van der Waals surface area (Å²) in [5, 5.41) is 2.73. The lowest BCUT2D eigenvalue weighted by molar-refractivity contribution is -0.121. The number of hydrogen-bond acceptors (Lipinski definition) is 11. The van der Waals surface area contributed by atoms with Crippen LogP contribution < -0.4 is 30.1 Å². The quantitative estimate of drug-likeness (QED) is 0.136. The molecule has 0 aliphatic carbocycles. The highest BCUT2D eigenvalue weighted by molar-refractivity contribution is 5.84. The van der Waals surface area contributed by atoms with Crippen LogP contribution in [0.15, 0.2) is 93.1 Å². The van der Waals surface area contributed by atoms with E-state index in [1.54, 1.807) is 69.9 Å². The average molecular weight is 702 g/mol. The summed E-state index contributed by atoms with van der Waals surface area (Å²) >= 11 is 0. The Bertz CT molecular complexity index is 1990. The molecule has 2 atom stereocenters. The molecule has 51 heavy (non-hydrogen) atoms. The van der Waals surface area contributed by atoms with Crippen LogP contribution in [0.4, 0.5) is 0 Å². The van der Waals surface area contributed by atoms with Gasteiger partial charge in [-0.3, -0.25) is 4.79 Å². The molecule has 0 saturated carbocycles. The molecule has 0 bridgehead atoms. The van der Waals surface area contributed by atoms with Crippen molar-refractivity contribution in [3.8, 4) is 28.8 Å². The van der Waals surface area contributed by atoms with Crippen LogP contribution in [0.1, 0.15) is 25.7 Å². The lowest BCUT2D eigenvalue weighted by atomic mass is 10.1. The normalized spacial score (nSPS) is 17.0. The first-order chi connectivity index (χ1) is 24.9. The van der Waals surface area contributed by atoms with Gasteiger partial charge >= 0.3 is 5.63 Å². The molecular weight excluding hydrogens is 658 g/mol. The van der Waals surface area contributed by atoms with Gasteiger partial charge in [0.2, 0.25) is 5.88 Å². The summed E-state index contributed by atoms with van der Waals surface area (Å²) in [5.74, 6) is 2.52. The van der Waals surface area contributed by atoms with Gasteiger partial charge in [-0.05, 0) is 103 Å². The number of pyridine rings is 1. The van der Waals surface area contributed by atoms with Gasteiger partial charge in [0.25, 0.3) is 5.56 Å². The van der Waals surface area contributed by atoms with Crippen molar-refractivity contribution in [3.05, 3.63) is 99.8 Å². The fraction of sp³-hybridized carbons (Fsp3) is 0.385. The van der Waals surface area contributed by atoms with Crippen LogP contribution in [-0.2, 0) is 18.9 Å². The van der Waals surface area contributed by atoms with Crippen molar-refractivity contribution < 1.29 is 42.3 Å². The summed E-state index contributed by atoms with van der Waals surface area (Å²) in [6, 6.07) is 21.6. The molecule has 2 aliphatic heterocycles. The van der Waals surface area contributed by atoms with Crippen molar-refractivity contribution in [1.82, 2.24) is 4.57 Å². The minimum Gasteiger partial charge on any atom is -0.491 e. The topological polar surface area (TPSA) is 126 Å². The monoisotopic (exact) mass is 701 g/mol. The molecular formula is C39H43NO11. The molecule has 2 aliphatic rings. The summed E-state index contributed by atoms with van der Waals surface area (Å²) in [4.78, 5) is 24.8. The molecule has 2 saturated heterocycles. The Kier molecular flexibility index (Phi) is 12.2. The molecule has 3 aromatic carbocycles. The second-order valence-corrected chi connectivity index (χ2v) is 12.1. The largest absolute Gasteiger partial charge is 0.491 e. The number of nitrogens with zero attached hydrogens (tertiary/aromatic N) is 1. The van der Waals surface area contributed by atoms with Crippen molar-refractivity contribution in [2.24, 2.45) is 0 Å². The Morgan fingerprint density at radius 2 is 1.31 bits per heavy atom. The van der Waals surface area contributed by atoms with Crippen molar-refractivity contribution in [1.29, 1.82) is 0 Å². The van der Waals surface area contributed by atoms with Crippen molar-refractivity contribution in [2.45, 2.75) is 44.2 Å². The summed E-state index contributed by atoms with van der Waals surface area (Å²) in [6.45, 7) is 2.93. The second-order valence-electron chi connectivity index (χ2n) is 12.1. The van der Waals surface area contributed by atoms with E-state index in [0.717, 1.165) is 55.4 Å². The average Bonchev–Trinajstić information content (AvgIpc) is 3.89. The number of methoxy groups -OCH3 is 3. The van der Waals surface area contributed by atoms with Crippen LogP contribution in [0.3, 0.4) is 0 Å². The maximum absolute atomic E-state index is 13.3. The zero-order valence-corrected chi connectivity index (χ0v) is 29.0. The first-order valence-electron chi connectivity index (χ1n) is 17.0. The SMILES string of the molecule is COc1cc2cc(OC[C@@H]3CCCO3)ccc2c(=O)n1-c1ccc(OCC(OC)OC)cc1.O=c1occc2cc(OC[C@@H]3CCCO3)ccc12. The van der Waals surface area contributed by atoms with Crippen LogP contribution in [0.5, 0.6) is 23.1 Å². The Morgan fingerprint density at radius 3 is 1.90 bits per heavy atom. The molecule has 4 heterocycles. The molecule has 0 spiro atoms. The number of ether oxygens (including phenoxy) is 8. The van der Waals surface area contributed by atoms with Crippen LogP contribution >= 0.6 is 0 Å². The highest BCUT2D eigenvalue weighted by Gasteiger charge is 2.18. The third-order valence-electron chi connectivity index (χ3n) is 8.76. The molecule has 2 fully saturated rings. The minimum absolute atomic E-state index is 0.130. The Balaban J connectivity index is 0.000000208. The molecule has 0 N–H and O–H groups in total. The number of aromatic nitrogens is 1. The predicted molar refractivity (Wildman–Crippen MR) is 191 cm³/mol. The fourth-order valence-electron chi connectivity index (χ4n) is 5.96. The van der Waals surface area contributed by atoms with Gasteiger partial charge in [0, 0.05) is 38.9 Å². The van der Waals surface area contributed by atoms with E-state index in [2.05, 4.69) is 0 Å². The molecule has 12 nitrogen and oxygen atoms in total. The van der Waals surface area contributed by atoms with Gasteiger partial charge in [0.05, 0.1) is 36.7 Å². The van der Waals surface area contributed by atoms with Crippen LogP contribution in [0.25, 0.3) is 27.2 Å². The van der Waals surface area contributed by atoms with E-state index >= 15 is 0 Å². The first-order valence-corrected chi connectivity index (χ1v) is 17.0. The van der Waals surface area contributed by atoms with Crippen molar-refractivity contribution in [2.75, 3.05) is 54.4 Å². The van der Waals surface area contributed by atoms with Crippen LogP contribution in [-0.4, -0.2) is 77.4 Å². The van der Waals surface area contributed by atoms with Crippen molar-refractivity contribution >= 4 is 21.5 Å². The number of fused-ring (bicyclic) bond motifs is 2. The van der Waals surface area contributed by atoms with E-state index in [1.807, 2.05) is 24.3 Å². The second kappa shape index (κ2) is 17.4. The molecule has 0 radical (unpaired) electrons. The fourth-order valence-corrected chi connectivity index (χ4v) is 5.96. The van der Waals surface area contributed by atoms with E-state index in [4.69, 9.17) is 42.3 Å². The molecule has 12 heteroatoms. The molecule has 2 aromatic heterocycles. The minimum atomic E-state index is -0.451. The highest BCUT2D eigenvalue weighted by Crippen LogP contribution is 2.27. The van der Waals surface area contributed by atoms with Gasteiger partial charge in [0.1, 0.15) is 37.1 Å². The van der Waals surface area contributed by atoms with Crippen molar-refractivity contribution in [3.63, 3.8) is 0 Å². The molecule has 7 rings (SSSR count). The van der Waals surface area contributed by atoms with E-state index in [-0.39, 0.29) is 30.0 Å². The predicted octanol–water partition coefficient (Wildman–Crippen LogP) is 5.91. The molecule has 270 valence electrons. The lowest BCUT2D eigenvalue weighted by Gasteiger charge is -2.16. The molecule has 0 unspecified atom stereocenters. The molecule has 0 amide bonds. The zero-order chi connectivity index (χ0) is 35.6. The highest BCUT2D eigenvalue weighted by atomic mass is 16.7. The number of benzene rings is 3. The summed E-state index contributed by atoms with van der Waals surface area (Å²) < 4.78 is 50.5. The Hall–Kier alpha value is -4.88. The molecule has 5 aromatic rings.